The lowest BCUT2D eigenvalue weighted by Crippen LogP contribution is -2.49. The Morgan fingerprint density at radius 3 is 2.46 bits per heavy atom. The van der Waals surface area contributed by atoms with Crippen molar-refractivity contribution < 1.29 is 9.53 Å². The average Bonchev–Trinajstić information content (AvgIpc) is 2.51. The summed E-state index contributed by atoms with van der Waals surface area (Å²) in [5.41, 5.74) is 3.01. The first-order valence-electron chi connectivity index (χ1n) is 8.37. The predicted octanol–water partition coefficient (Wildman–Crippen LogP) is 4.21. The van der Waals surface area contributed by atoms with Crippen molar-refractivity contribution in [2.45, 2.75) is 52.7 Å². The van der Waals surface area contributed by atoms with Crippen LogP contribution in [0.15, 0.2) is 48.5 Å². The third-order valence-corrected chi connectivity index (χ3v) is 3.97. The fourth-order valence-electron chi connectivity index (χ4n) is 2.66. The van der Waals surface area contributed by atoms with E-state index in [1.165, 1.54) is 5.56 Å². The second-order valence-corrected chi connectivity index (χ2v) is 7.06. The summed E-state index contributed by atoms with van der Waals surface area (Å²) in [6, 6.07) is 16.2. The molecular weight excluding hydrogens is 298 g/mol. The first-order valence-corrected chi connectivity index (χ1v) is 8.37. The summed E-state index contributed by atoms with van der Waals surface area (Å²) in [7, 11) is 0. The van der Waals surface area contributed by atoms with E-state index in [-0.39, 0.29) is 11.4 Å². The van der Waals surface area contributed by atoms with Gasteiger partial charge in [0.25, 0.3) is 5.91 Å². The van der Waals surface area contributed by atoms with Crippen LogP contribution in [0.3, 0.4) is 0 Å². The Kier molecular flexibility index (Phi) is 5.66. The Labute approximate surface area is 145 Å². The summed E-state index contributed by atoms with van der Waals surface area (Å²) < 4.78 is 5.87. The lowest BCUT2D eigenvalue weighted by atomic mass is 9.94. The lowest BCUT2D eigenvalue weighted by molar-refractivity contribution is -0.128. The normalized spacial score (nSPS) is 12.5. The van der Waals surface area contributed by atoms with Crippen molar-refractivity contribution >= 4 is 5.91 Å². The van der Waals surface area contributed by atoms with Crippen molar-refractivity contribution in [3.63, 3.8) is 0 Å². The Morgan fingerprint density at radius 1 is 1.12 bits per heavy atom. The Morgan fingerprint density at radius 2 is 1.79 bits per heavy atom. The van der Waals surface area contributed by atoms with E-state index < -0.39 is 6.10 Å². The Hall–Kier alpha value is -2.29. The molecule has 0 aliphatic carbocycles. The van der Waals surface area contributed by atoms with Crippen molar-refractivity contribution in [1.82, 2.24) is 5.32 Å². The summed E-state index contributed by atoms with van der Waals surface area (Å²) >= 11 is 0. The van der Waals surface area contributed by atoms with Crippen LogP contribution in [0.2, 0.25) is 0 Å². The van der Waals surface area contributed by atoms with Gasteiger partial charge in [-0.05, 0) is 63.8 Å². The molecular formula is C21H27NO2. The number of nitrogens with one attached hydrogen (secondary N) is 1. The fourth-order valence-corrected chi connectivity index (χ4v) is 2.66. The van der Waals surface area contributed by atoms with E-state index in [4.69, 9.17) is 4.74 Å². The summed E-state index contributed by atoms with van der Waals surface area (Å²) in [5.74, 6) is 0.662. The first-order chi connectivity index (χ1) is 11.3. The van der Waals surface area contributed by atoms with Crippen molar-refractivity contribution in [3.8, 4) is 5.75 Å². The minimum absolute atomic E-state index is 0.100. The largest absolute Gasteiger partial charge is 0.481 e. The van der Waals surface area contributed by atoms with Crippen LogP contribution in [-0.4, -0.2) is 17.6 Å². The SMILES string of the molecule is Cc1ccc(C)c(OC(C)C(=O)NC(C)(C)Cc2ccccc2)c1. The molecule has 3 heteroatoms. The zero-order valence-electron chi connectivity index (χ0n) is 15.2. The average molecular weight is 325 g/mol. The monoisotopic (exact) mass is 325 g/mol. The highest BCUT2D eigenvalue weighted by atomic mass is 16.5. The van der Waals surface area contributed by atoms with Crippen LogP contribution in [0, 0.1) is 13.8 Å². The van der Waals surface area contributed by atoms with Gasteiger partial charge in [0.1, 0.15) is 5.75 Å². The van der Waals surface area contributed by atoms with Gasteiger partial charge in [-0.1, -0.05) is 42.5 Å². The number of ether oxygens (including phenoxy) is 1. The van der Waals surface area contributed by atoms with Crippen LogP contribution in [-0.2, 0) is 11.2 Å². The lowest BCUT2D eigenvalue weighted by Gasteiger charge is -2.28. The first kappa shape index (κ1) is 18.1. The highest BCUT2D eigenvalue weighted by Gasteiger charge is 2.25. The van der Waals surface area contributed by atoms with Crippen LogP contribution < -0.4 is 10.1 Å². The van der Waals surface area contributed by atoms with Gasteiger partial charge in [0.05, 0.1) is 0 Å². The van der Waals surface area contributed by atoms with Gasteiger partial charge in [0.15, 0.2) is 6.10 Å². The Balaban J connectivity index is 1.98. The van der Waals surface area contributed by atoms with Crippen molar-refractivity contribution in [3.05, 3.63) is 65.2 Å². The number of benzene rings is 2. The van der Waals surface area contributed by atoms with Gasteiger partial charge in [0, 0.05) is 5.54 Å². The molecule has 0 aromatic heterocycles. The van der Waals surface area contributed by atoms with Crippen molar-refractivity contribution in [2.24, 2.45) is 0 Å². The highest BCUT2D eigenvalue weighted by molar-refractivity contribution is 5.81. The smallest absolute Gasteiger partial charge is 0.261 e. The minimum Gasteiger partial charge on any atom is -0.481 e. The number of hydrogen-bond acceptors (Lipinski definition) is 2. The molecule has 0 saturated carbocycles. The molecule has 1 unspecified atom stereocenters. The molecule has 1 N–H and O–H groups in total. The molecule has 3 nitrogen and oxygen atoms in total. The third-order valence-electron chi connectivity index (χ3n) is 3.97. The third kappa shape index (κ3) is 5.12. The van der Waals surface area contributed by atoms with Gasteiger partial charge < -0.3 is 10.1 Å². The van der Waals surface area contributed by atoms with Gasteiger partial charge >= 0.3 is 0 Å². The quantitative estimate of drug-likeness (QED) is 0.864. The molecule has 1 atom stereocenters. The van der Waals surface area contributed by atoms with E-state index in [0.29, 0.717) is 0 Å². The molecule has 0 spiro atoms. The van der Waals surface area contributed by atoms with Crippen LogP contribution in [0.4, 0.5) is 0 Å². The summed E-state index contributed by atoms with van der Waals surface area (Å²) in [5, 5.41) is 3.09. The maximum Gasteiger partial charge on any atom is 0.261 e. The maximum absolute atomic E-state index is 12.5. The number of amides is 1. The van der Waals surface area contributed by atoms with Gasteiger partial charge in [-0.15, -0.1) is 0 Å². The maximum atomic E-state index is 12.5. The fraction of sp³-hybridized carbons (Fsp3) is 0.381. The van der Waals surface area contributed by atoms with Crippen LogP contribution in [0.1, 0.15) is 37.5 Å². The molecule has 24 heavy (non-hydrogen) atoms. The molecule has 128 valence electrons. The van der Waals surface area contributed by atoms with E-state index in [1.54, 1.807) is 6.92 Å². The van der Waals surface area contributed by atoms with E-state index in [2.05, 4.69) is 17.4 Å². The van der Waals surface area contributed by atoms with Crippen LogP contribution >= 0.6 is 0 Å². The van der Waals surface area contributed by atoms with E-state index in [1.807, 2.05) is 64.1 Å². The predicted molar refractivity (Wildman–Crippen MR) is 98.4 cm³/mol. The molecule has 0 radical (unpaired) electrons. The van der Waals surface area contributed by atoms with E-state index in [9.17, 15) is 4.79 Å². The highest BCUT2D eigenvalue weighted by Crippen LogP contribution is 2.21. The number of rotatable bonds is 6. The summed E-state index contributed by atoms with van der Waals surface area (Å²) in [4.78, 5) is 12.5. The molecule has 0 aliphatic heterocycles. The van der Waals surface area contributed by atoms with E-state index >= 15 is 0 Å². The Bertz CT molecular complexity index is 692. The van der Waals surface area contributed by atoms with Crippen molar-refractivity contribution in [1.29, 1.82) is 0 Å². The molecule has 2 aromatic carbocycles. The number of aryl methyl sites for hydroxylation is 2. The van der Waals surface area contributed by atoms with Gasteiger partial charge in [-0.2, -0.15) is 0 Å². The molecule has 0 aliphatic rings. The van der Waals surface area contributed by atoms with Gasteiger partial charge in [-0.3, -0.25) is 4.79 Å². The second kappa shape index (κ2) is 7.52. The van der Waals surface area contributed by atoms with Gasteiger partial charge in [0.2, 0.25) is 0 Å². The molecule has 0 heterocycles. The topological polar surface area (TPSA) is 38.3 Å². The van der Waals surface area contributed by atoms with Gasteiger partial charge in [-0.25, -0.2) is 0 Å². The van der Waals surface area contributed by atoms with Crippen LogP contribution in [0.25, 0.3) is 0 Å². The zero-order valence-corrected chi connectivity index (χ0v) is 15.2. The molecule has 0 fully saturated rings. The molecule has 0 bridgehead atoms. The molecule has 1 amide bonds. The summed E-state index contributed by atoms with van der Waals surface area (Å²) in [6.07, 6.45) is 0.232. The van der Waals surface area contributed by atoms with E-state index in [0.717, 1.165) is 23.3 Å². The second-order valence-electron chi connectivity index (χ2n) is 7.06. The molecule has 2 aromatic rings. The number of carbonyl (C=O) groups excluding carboxylic acids is 1. The number of carbonyl (C=O) groups is 1. The zero-order chi connectivity index (χ0) is 17.7. The molecule has 0 saturated heterocycles. The standard InChI is InChI=1S/C21H27NO2/c1-15-11-12-16(2)19(13-15)24-17(3)20(23)22-21(4,5)14-18-9-7-6-8-10-18/h6-13,17H,14H2,1-5H3,(H,22,23). The minimum atomic E-state index is -0.541. The van der Waals surface area contributed by atoms with Crippen LogP contribution in [0.5, 0.6) is 5.75 Å². The number of hydrogen-bond donors (Lipinski definition) is 1. The van der Waals surface area contributed by atoms with Crippen molar-refractivity contribution in [2.75, 3.05) is 0 Å². The molecule has 2 rings (SSSR count). The summed E-state index contributed by atoms with van der Waals surface area (Å²) in [6.45, 7) is 9.85.